The van der Waals surface area contributed by atoms with Crippen LogP contribution in [0.3, 0.4) is 0 Å². The largest absolute Gasteiger partial charge is 0.491 e. The van der Waals surface area contributed by atoms with Crippen LogP contribution in [0.5, 0.6) is 0 Å². The Morgan fingerprint density at radius 3 is 3.00 bits per heavy atom. The molecule has 0 fully saturated rings. The summed E-state index contributed by atoms with van der Waals surface area (Å²) in [6.45, 7) is 0. The Bertz CT molecular complexity index is 480. The lowest BCUT2D eigenvalue weighted by molar-refractivity contribution is -0.394. The minimum absolute atomic E-state index is 0.399. The highest BCUT2D eigenvalue weighted by Crippen LogP contribution is 2.11. The molecule has 0 aromatic carbocycles. The zero-order chi connectivity index (χ0) is 9.42. The van der Waals surface area contributed by atoms with E-state index in [-0.39, 0.29) is 0 Å². The Morgan fingerprint density at radius 2 is 2.31 bits per heavy atom. The van der Waals surface area contributed by atoms with Gasteiger partial charge in [0.1, 0.15) is 0 Å². The van der Waals surface area contributed by atoms with Gasteiger partial charge in [0.2, 0.25) is 5.65 Å². The van der Waals surface area contributed by atoms with Crippen LogP contribution in [0.4, 0.5) is 5.95 Å². The normalized spacial score (nSPS) is 10.5. The van der Waals surface area contributed by atoms with Gasteiger partial charge in [0.05, 0.1) is 11.2 Å². The van der Waals surface area contributed by atoms with Crippen LogP contribution in [0.1, 0.15) is 0 Å². The van der Waals surface area contributed by atoms with Crippen molar-refractivity contribution in [3.8, 4) is 0 Å². The van der Waals surface area contributed by atoms with Gasteiger partial charge in [-0.05, 0) is 16.0 Å². The van der Waals surface area contributed by atoms with Crippen LogP contribution in [-0.2, 0) is 0 Å². The van der Waals surface area contributed by atoms with Gasteiger partial charge in [-0.15, -0.1) is 4.52 Å². The van der Waals surface area contributed by atoms with Crippen LogP contribution in [0.25, 0.3) is 5.65 Å². The zero-order valence-corrected chi connectivity index (χ0v) is 6.97. The van der Waals surface area contributed by atoms with Crippen LogP contribution in [0.2, 0.25) is 5.02 Å². The highest BCUT2D eigenvalue weighted by molar-refractivity contribution is 6.30. The average molecular weight is 199 g/mol. The molecule has 0 unspecified atom stereocenters. The van der Waals surface area contributed by atoms with Gasteiger partial charge in [0, 0.05) is 11.2 Å². The Kier molecular flexibility index (Phi) is 1.63. The third-order valence-corrected chi connectivity index (χ3v) is 1.67. The number of nitrogens with zero attached hydrogens (tertiary/aromatic N) is 4. The van der Waals surface area contributed by atoms with Crippen molar-refractivity contribution >= 4 is 23.2 Å². The molecule has 7 heteroatoms. The molecule has 0 bridgehead atoms. The fourth-order valence-electron chi connectivity index (χ4n) is 0.924. The van der Waals surface area contributed by atoms with Gasteiger partial charge in [-0.1, -0.05) is 11.6 Å². The average Bonchev–Trinajstić information content (AvgIpc) is 2.46. The van der Waals surface area contributed by atoms with Gasteiger partial charge < -0.3 is 10.1 Å². The van der Waals surface area contributed by atoms with Crippen LogP contribution in [-0.4, -0.2) is 19.5 Å². The van der Waals surface area contributed by atoms with Gasteiger partial charge >= 0.3 is 5.95 Å². The lowest BCUT2D eigenvalue weighted by Gasteiger charge is -1.84. The van der Waals surface area contributed by atoms with E-state index in [2.05, 4.69) is 10.1 Å². The predicted molar refractivity (Wildman–Crippen MR) is 44.7 cm³/mol. The first kappa shape index (κ1) is 7.93. The molecule has 2 rings (SSSR count). The second-order valence-corrected chi connectivity index (χ2v) is 2.76. The Morgan fingerprint density at radius 1 is 1.54 bits per heavy atom. The van der Waals surface area contributed by atoms with Crippen LogP contribution in [0.15, 0.2) is 18.3 Å². The van der Waals surface area contributed by atoms with Crippen molar-refractivity contribution < 1.29 is 4.92 Å². The summed E-state index contributed by atoms with van der Waals surface area (Å²) in [6.07, 6.45) is 1.46. The second kappa shape index (κ2) is 2.67. The molecule has 0 atom stereocenters. The van der Waals surface area contributed by atoms with Crippen molar-refractivity contribution in [3.05, 3.63) is 33.5 Å². The van der Waals surface area contributed by atoms with E-state index < -0.39 is 10.9 Å². The molecular formula is C6H3ClN4O2. The van der Waals surface area contributed by atoms with E-state index in [4.69, 9.17) is 11.6 Å². The molecule has 0 saturated carbocycles. The molecule has 2 aromatic heterocycles. The van der Waals surface area contributed by atoms with Gasteiger partial charge in [-0.25, -0.2) is 0 Å². The minimum atomic E-state index is -0.652. The molecule has 2 aromatic rings. The minimum Gasteiger partial charge on any atom is -0.390 e. The molecule has 0 amide bonds. The fourth-order valence-corrected chi connectivity index (χ4v) is 1.08. The first-order valence-electron chi connectivity index (χ1n) is 3.33. The number of pyridine rings is 1. The number of halogens is 1. The lowest BCUT2D eigenvalue weighted by atomic mass is 10.5. The number of nitro groups is 1. The molecule has 0 radical (unpaired) electrons. The second-order valence-electron chi connectivity index (χ2n) is 2.32. The van der Waals surface area contributed by atoms with E-state index in [1.165, 1.54) is 10.7 Å². The van der Waals surface area contributed by atoms with E-state index in [1.54, 1.807) is 12.1 Å². The van der Waals surface area contributed by atoms with E-state index in [0.29, 0.717) is 10.7 Å². The first-order valence-corrected chi connectivity index (χ1v) is 3.71. The molecule has 0 aliphatic heterocycles. The smallest absolute Gasteiger partial charge is 0.390 e. The number of aromatic nitrogens is 3. The summed E-state index contributed by atoms with van der Waals surface area (Å²) in [4.78, 5) is 13.3. The number of hydrogen-bond acceptors (Lipinski definition) is 4. The van der Waals surface area contributed by atoms with E-state index >= 15 is 0 Å². The number of rotatable bonds is 1. The fraction of sp³-hybridized carbons (Fsp3) is 0. The van der Waals surface area contributed by atoms with Gasteiger partial charge in [-0.3, -0.25) is 0 Å². The molecule has 13 heavy (non-hydrogen) atoms. The topological polar surface area (TPSA) is 73.3 Å². The van der Waals surface area contributed by atoms with Gasteiger partial charge in [0.25, 0.3) is 0 Å². The summed E-state index contributed by atoms with van der Waals surface area (Å²) >= 11 is 5.65. The number of hydrogen-bond donors (Lipinski definition) is 0. The van der Waals surface area contributed by atoms with Crippen LogP contribution < -0.4 is 0 Å². The van der Waals surface area contributed by atoms with Crippen molar-refractivity contribution in [2.24, 2.45) is 0 Å². The van der Waals surface area contributed by atoms with Crippen LogP contribution >= 0.6 is 11.6 Å². The molecule has 0 saturated heterocycles. The third-order valence-electron chi connectivity index (χ3n) is 1.45. The zero-order valence-electron chi connectivity index (χ0n) is 6.22. The number of fused-ring (bicyclic) bond motifs is 1. The maximum absolute atomic E-state index is 10.3. The van der Waals surface area contributed by atoms with E-state index in [0.717, 1.165) is 0 Å². The molecule has 6 nitrogen and oxygen atoms in total. The van der Waals surface area contributed by atoms with Crippen molar-refractivity contribution in [3.63, 3.8) is 0 Å². The molecule has 0 N–H and O–H groups in total. The van der Waals surface area contributed by atoms with Crippen molar-refractivity contribution in [2.75, 3.05) is 0 Å². The molecule has 0 aliphatic carbocycles. The quantitative estimate of drug-likeness (QED) is 0.511. The first-order chi connectivity index (χ1) is 6.16. The molecular weight excluding hydrogens is 196 g/mol. The molecule has 2 heterocycles. The third kappa shape index (κ3) is 1.31. The summed E-state index contributed by atoms with van der Waals surface area (Å²) in [6, 6.07) is 3.15. The Hall–Kier alpha value is -1.69. The maximum atomic E-state index is 10.3. The van der Waals surface area contributed by atoms with Crippen molar-refractivity contribution in [1.29, 1.82) is 0 Å². The maximum Gasteiger partial charge on any atom is 0.491 e. The van der Waals surface area contributed by atoms with E-state index in [9.17, 15) is 10.1 Å². The molecule has 0 spiro atoms. The molecule has 66 valence electrons. The van der Waals surface area contributed by atoms with Crippen molar-refractivity contribution in [1.82, 2.24) is 14.6 Å². The standard InChI is InChI=1S/C6H3ClN4O2/c7-4-1-2-5-8-6(11(12)13)9-10(5)3-4/h1-3H. The Labute approximate surface area is 76.9 Å². The van der Waals surface area contributed by atoms with Gasteiger partial charge in [-0.2, -0.15) is 0 Å². The summed E-state index contributed by atoms with van der Waals surface area (Å²) < 4.78 is 1.26. The van der Waals surface area contributed by atoms with Crippen LogP contribution in [0, 0.1) is 10.1 Å². The van der Waals surface area contributed by atoms with E-state index in [1.807, 2.05) is 0 Å². The van der Waals surface area contributed by atoms with Gasteiger partial charge in [0.15, 0.2) is 0 Å². The summed E-state index contributed by atoms with van der Waals surface area (Å²) in [5.74, 6) is -0.428. The molecule has 0 aliphatic rings. The summed E-state index contributed by atoms with van der Waals surface area (Å²) in [5.41, 5.74) is 0.399. The highest BCUT2D eigenvalue weighted by atomic mass is 35.5. The highest BCUT2D eigenvalue weighted by Gasteiger charge is 2.15. The lowest BCUT2D eigenvalue weighted by Crippen LogP contribution is -1.90. The van der Waals surface area contributed by atoms with Crippen molar-refractivity contribution in [2.45, 2.75) is 0 Å². The Balaban J connectivity index is 2.68. The predicted octanol–water partition coefficient (Wildman–Crippen LogP) is 1.29. The summed E-state index contributed by atoms with van der Waals surface area (Å²) in [7, 11) is 0. The SMILES string of the molecule is O=[N+]([O-])c1nc2ccc(Cl)cn2n1. The summed E-state index contributed by atoms with van der Waals surface area (Å²) in [5, 5.41) is 14.3. The monoisotopic (exact) mass is 198 g/mol.